The second-order valence-corrected chi connectivity index (χ2v) is 6.88. The van der Waals surface area contributed by atoms with Crippen LogP contribution in [0, 0.1) is 0 Å². The van der Waals surface area contributed by atoms with Gasteiger partial charge in [-0.25, -0.2) is 0 Å². The Bertz CT molecular complexity index is 387. The third kappa shape index (κ3) is 8.19. The summed E-state index contributed by atoms with van der Waals surface area (Å²) in [4.78, 5) is 7.38. The number of halogens is 1. The Morgan fingerprint density at radius 3 is 2.67 bits per heavy atom. The van der Waals surface area contributed by atoms with Crippen molar-refractivity contribution in [3.8, 4) is 0 Å². The van der Waals surface area contributed by atoms with Gasteiger partial charge in [0.1, 0.15) is 0 Å². The number of hydrogen-bond acceptors (Lipinski definition) is 2. The molecule has 140 valence electrons. The number of piperidine rings is 1. The molecule has 5 heteroatoms. The van der Waals surface area contributed by atoms with Gasteiger partial charge in [-0.3, -0.25) is 4.99 Å². The topological polar surface area (TPSA) is 39.7 Å². The standard InChI is InChI=1S/C19H36N4.HI/c1-3-14-23-15-11-18(12-16-23)22-19(20-4-2)21-13-10-17-8-6-5-7-9-17;/h8,18H,3-7,9-16H2,1-2H3,(H2,20,21,22);1H. The molecule has 4 nitrogen and oxygen atoms in total. The molecular weight excluding hydrogens is 411 g/mol. The highest BCUT2D eigenvalue weighted by Gasteiger charge is 2.19. The van der Waals surface area contributed by atoms with E-state index in [1.165, 1.54) is 64.6 Å². The highest BCUT2D eigenvalue weighted by atomic mass is 127. The molecule has 0 saturated carbocycles. The van der Waals surface area contributed by atoms with E-state index in [1.54, 1.807) is 5.57 Å². The smallest absolute Gasteiger partial charge is 0.191 e. The summed E-state index contributed by atoms with van der Waals surface area (Å²) in [6, 6.07) is 0.579. The van der Waals surface area contributed by atoms with Crippen LogP contribution in [0.4, 0.5) is 0 Å². The van der Waals surface area contributed by atoms with Gasteiger partial charge in [0.05, 0.1) is 0 Å². The molecular formula is C19H37IN4. The first-order valence-electron chi connectivity index (χ1n) is 9.77. The van der Waals surface area contributed by atoms with E-state index >= 15 is 0 Å². The van der Waals surface area contributed by atoms with Crippen LogP contribution < -0.4 is 10.6 Å². The monoisotopic (exact) mass is 448 g/mol. The van der Waals surface area contributed by atoms with E-state index in [2.05, 4.69) is 35.5 Å². The van der Waals surface area contributed by atoms with E-state index in [4.69, 9.17) is 4.99 Å². The molecule has 0 amide bonds. The molecule has 0 aromatic heterocycles. The van der Waals surface area contributed by atoms with Gasteiger partial charge < -0.3 is 15.5 Å². The van der Waals surface area contributed by atoms with E-state index in [1.807, 2.05) is 0 Å². The van der Waals surface area contributed by atoms with Crippen LogP contribution in [0.3, 0.4) is 0 Å². The average molecular weight is 448 g/mol. The first-order valence-corrected chi connectivity index (χ1v) is 9.77. The summed E-state index contributed by atoms with van der Waals surface area (Å²) < 4.78 is 0. The number of guanidine groups is 1. The van der Waals surface area contributed by atoms with Gasteiger partial charge in [0.25, 0.3) is 0 Å². The van der Waals surface area contributed by atoms with Crippen LogP contribution in [0.1, 0.15) is 65.2 Å². The van der Waals surface area contributed by atoms with E-state index < -0.39 is 0 Å². The largest absolute Gasteiger partial charge is 0.357 e. The highest BCUT2D eigenvalue weighted by molar-refractivity contribution is 14.0. The molecule has 1 aliphatic heterocycles. The minimum atomic E-state index is 0. The number of aliphatic imine (C=N–C) groups is 1. The molecule has 1 fully saturated rings. The van der Waals surface area contributed by atoms with Gasteiger partial charge in [-0.1, -0.05) is 18.6 Å². The van der Waals surface area contributed by atoms with Crippen molar-refractivity contribution in [1.29, 1.82) is 0 Å². The lowest BCUT2D eigenvalue weighted by molar-refractivity contribution is 0.206. The Balaban J connectivity index is 0.00000288. The van der Waals surface area contributed by atoms with Gasteiger partial charge in [0.2, 0.25) is 0 Å². The second kappa shape index (κ2) is 13.0. The van der Waals surface area contributed by atoms with Crippen LogP contribution >= 0.6 is 24.0 Å². The maximum atomic E-state index is 4.80. The molecule has 0 radical (unpaired) electrons. The molecule has 0 aromatic rings. The Labute approximate surface area is 166 Å². The van der Waals surface area contributed by atoms with E-state index in [0.29, 0.717) is 6.04 Å². The zero-order valence-corrected chi connectivity index (χ0v) is 18.0. The molecule has 0 aromatic carbocycles. The Morgan fingerprint density at radius 2 is 2.04 bits per heavy atom. The Hall–Kier alpha value is -0.300. The molecule has 0 spiro atoms. The number of likely N-dealkylation sites (tertiary alicyclic amines) is 1. The lowest BCUT2D eigenvalue weighted by Crippen LogP contribution is -2.48. The predicted octanol–water partition coefficient (Wildman–Crippen LogP) is 3.92. The van der Waals surface area contributed by atoms with E-state index in [-0.39, 0.29) is 24.0 Å². The summed E-state index contributed by atoms with van der Waals surface area (Å²) in [5.41, 5.74) is 1.61. The van der Waals surface area contributed by atoms with Gasteiger partial charge in [0.15, 0.2) is 5.96 Å². The molecule has 2 N–H and O–H groups in total. The van der Waals surface area contributed by atoms with Crippen molar-refractivity contribution in [2.45, 2.75) is 71.3 Å². The van der Waals surface area contributed by atoms with Gasteiger partial charge >= 0.3 is 0 Å². The van der Waals surface area contributed by atoms with Crippen molar-refractivity contribution in [3.05, 3.63) is 11.6 Å². The fourth-order valence-corrected chi connectivity index (χ4v) is 3.57. The lowest BCUT2D eigenvalue weighted by Gasteiger charge is -2.32. The van der Waals surface area contributed by atoms with Crippen LogP contribution in [-0.4, -0.2) is 49.6 Å². The normalized spacial score (nSPS) is 20.2. The van der Waals surface area contributed by atoms with Crippen molar-refractivity contribution in [3.63, 3.8) is 0 Å². The maximum absolute atomic E-state index is 4.80. The fourth-order valence-electron chi connectivity index (χ4n) is 3.57. The van der Waals surface area contributed by atoms with Crippen molar-refractivity contribution < 1.29 is 0 Å². The Morgan fingerprint density at radius 1 is 1.25 bits per heavy atom. The average Bonchev–Trinajstić information content (AvgIpc) is 2.58. The molecule has 0 bridgehead atoms. The zero-order chi connectivity index (χ0) is 16.3. The minimum absolute atomic E-state index is 0. The Kier molecular flexibility index (Phi) is 11.8. The first-order chi connectivity index (χ1) is 11.3. The summed E-state index contributed by atoms with van der Waals surface area (Å²) in [5, 5.41) is 7.06. The number of hydrogen-bond donors (Lipinski definition) is 2. The summed E-state index contributed by atoms with van der Waals surface area (Å²) in [5.74, 6) is 1.01. The van der Waals surface area contributed by atoms with Crippen LogP contribution in [0.2, 0.25) is 0 Å². The molecule has 1 aliphatic carbocycles. The number of nitrogens with one attached hydrogen (secondary N) is 2. The molecule has 0 unspecified atom stereocenters. The van der Waals surface area contributed by atoms with Crippen molar-refractivity contribution >= 4 is 29.9 Å². The number of allylic oxidation sites excluding steroid dienone is 1. The van der Waals surface area contributed by atoms with Crippen LogP contribution in [0.15, 0.2) is 16.6 Å². The lowest BCUT2D eigenvalue weighted by atomic mass is 9.97. The summed E-state index contributed by atoms with van der Waals surface area (Å²) in [6.45, 7) is 9.94. The van der Waals surface area contributed by atoms with E-state index in [0.717, 1.165) is 25.5 Å². The molecule has 1 heterocycles. The summed E-state index contributed by atoms with van der Waals surface area (Å²) in [7, 11) is 0. The van der Waals surface area contributed by atoms with E-state index in [9.17, 15) is 0 Å². The maximum Gasteiger partial charge on any atom is 0.191 e. The quantitative estimate of drug-likeness (QED) is 0.268. The third-order valence-electron chi connectivity index (χ3n) is 4.90. The summed E-state index contributed by atoms with van der Waals surface area (Å²) in [6.07, 6.45) is 12.6. The fraction of sp³-hybridized carbons (Fsp3) is 0.842. The van der Waals surface area contributed by atoms with Crippen LogP contribution in [0.5, 0.6) is 0 Å². The predicted molar refractivity (Wildman–Crippen MR) is 115 cm³/mol. The van der Waals surface area contributed by atoms with Crippen LogP contribution in [0.25, 0.3) is 0 Å². The molecule has 24 heavy (non-hydrogen) atoms. The van der Waals surface area contributed by atoms with Crippen molar-refractivity contribution in [2.24, 2.45) is 4.99 Å². The van der Waals surface area contributed by atoms with Gasteiger partial charge in [-0.2, -0.15) is 0 Å². The second-order valence-electron chi connectivity index (χ2n) is 6.88. The molecule has 1 saturated heterocycles. The zero-order valence-electron chi connectivity index (χ0n) is 15.6. The highest BCUT2D eigenvalue weighted by Crippen LogP contribution is 2.19. The molecule has 0 atom stereocenters. The number of rotatable bonds is 7. The van der Waals surface area contributed by atoms with Crippen LogP contribution in [-0.2, 0) is 0 Å². The van der Waals surface area contributed by atoms with Gasteiger partial charge in [-0.05, 0) is 64.8 Å². The first kappa shape index (κ1) is 21.7. The molecule has 2 aliphatic rings. The molecule has 2 rings (SSSR count). The van der Waals surface area contributed by atoms with Crippen molar-refractivity contribution in [1.82, 2.24) is 15.5 Å². The number of nitrogens with zero attached hydrogens (tertiary/aromatic N) is 2. The minimum Gasteiger partial charge on any atom is -0.357 e. The van der Waals surface area contributed by atoms with Gasteiger partial charge in [-0.15, -0.1) is 24.0 Å². The third-order valence-corrected chi connectivity index (χ3v) is 4.90. The summed E-state index contributed by atoms with van der Waals surface area (Å²) >= 11 is 0. The van der Waals surface area contributed by atoms with Gasteiger partial charge in [0, 0.05) is 32.2 Å². The van der Waals surface area contributed by atoms with Crippen molar-refractivity contribution in [2.75, 3.05) is 32.7 Å². The SMILES string of the molecule is CCCN1CCC(NC(=NCCC2=CCCCC2)NCC)CC1.I.